The first-order chi connectivity index (χ1) is 9.26. The van der Waals surface area contributed by atoms with Gasteiger partial charge < -0.3 is 15.4 Å². The molecule has 0 heterocycles. The van der Waals surface area contributed by atoms with E-state index in [4.69, 9.17) is 4.74 Å². The molecule has 0 aliphatic heterocycles. The van der Waals surface area contributed by atoms with Crippen LogP contribution in [0.3, 0.4) is 0 Å². The van der Waals surface area contributed by atoms with Crippen molar-refractivity contribution in [3.63, 3.8) is 0 Å². The van der Waals surface area contributed by atoms with Gasteiger partial charge >= 0.3 is 0 Å². The Labute approximate surface area is 112 Å². The normalized spacial score (nSPS) is 10.4. The number of amides is 1. The fourth-order valence-corrected chi connectivity index (χ4v) is 2.08. The molecule has 2 N–H and O–H groups in total. The van der Waals surface area contributed by atoms with Crippen LogP contribution in [0.25, 0.3) is 10.8 Å². The van der Waals surface area contributed by atoms with Gasteiger partial charge in [0.2, 0.25) is 5.91 Å². The van der Waals surface area contributed by atoms with Gasteiger partial charge in [-0.3, -0.25) is 4.79 Å². The zero-order valence-corrected chi connectivity index (χ0v) is 11.2. The van der Waals surface area contributed by atoms with Crippen LogP contribution in [-0.4, -0.2) is 26.6 Å². The van der Waals surface area contributed by atoms with Crippen molar-refractivity contribution in [2.75, 3.05) is 20.7 Å². The Morgan fingerprint density at radius 3 is 2.74 bits per heavy atom. The third kappa shape index (κ3) is 3.03. The van der Waals surface area contributed by atoms with Crippen molar-refractivity contribution in [1.82, 2.24) is 10.6 Å². The topological polar surface area (TPSA) is 50.4 Å². The minimum Gasteiger partial charge on any atom is -0.496 e. The van der Waals surface area contributed by atoms with Crippen LogP contribution in [0, 0.1) is 0 Å². The molecule has 0 aromatic heterocycles. The maximum absolute atomic E-state index is 11.2. The lowest BCUT2D eigenvalue weighted by Gasteiger charge is -2.12. The standard InChI is InChI=1S/C15H18N2O2/c1-16-15(18)10-17-9-13-12-6-4-3-5-11(12)7-8-14(13)19-2/h3-8,17H,9-10H2,1-2H3,(H,16,18). The zero-order chi connectivity index (χ0) is 13.7. The monoisotopic (exact) mass is 258 g/mol. The number of benzene rings is 2. The first-order valence-corrected chi connectivity index (χ1v) is 6.22. The van der Waals surface area contributed by atoms with Gasteiger partial charge in [0.25, 0.3) is 0 Å². The Morgan fingerprint density at radius 2 is 2.00 bits per heavy atom. The van der Waals surface area contributed by atoms with Gasteiger partial charge in [-0.2, -0.15) is 0 Å². The van der Waals surface area contributed by atoms with Crippen molar-refractivity contribution in [2.24, 2.45) is 0 Å². The van der Waals surface area contributed by atoms with E-state index in [9.17, 15) is 4.79 Å². The molecular formula is C15H18N2O2. The van der Waals surface area contributed by atoms with E-state index in [1.165, 1.54) is 5.39 Å². The summed E-state index contributed by atoms with van der Waals surface area (Å²) in [5.74, 6) is 0.808. The Balaban J connectivity index is 2.26. The summed E-state index contributed by atoms with van der Waals surface area (Å²) in [5, 5.41) is 8.02. The molecule has 19 heavy (non-hydrogen) atoms. The number of carbonyl (C=O) groups excluding carboxylic acids is 1. The molecule has 4 nitrogen and oxygen atoms in total. The number of likely N-dealkylation sites (N-methyl/N-ethyl adjacent to an activating group) is 1. The van der Waals surface area contributed by atoms with E-state index < -0.39 is 0 Å². The third-order valence-electron chi connectivity index (χ3n) is 3.08. The second kappa shape index (κ2) is 6.20. The van der Waals surface area contributed by atoms with Crippen molar-refractivity contribution >= 4 is 16.7 Å². The number of rotatable bonds is 5. The summed E-state index contributed by atoms with van der Waals surface area (Å²) in [4.78, 5) is 11.2. The maximum Gasteiger partial charge on any atom is 0.233 e. The SMILES string of the molecule is CNC(=O)CNCc1c(OC)ccc2ccccc12. The summed E-state index contributed by atoms with van der Waals surface area (Å²) in [6.45, 7) is 0.890. The number of methoxy groups -OCH3 is 1. The molecule has 100 valence electrons. The molecule has 2 aromatic carbocycles. The number of ether oxygens (including phenoxy) is 1. The van der Waals surface area contributed by atoms with E-state index in [0.717, 1.165) is 16.7 Å². The predicted molar refractivity (Wildman–Crippen MR) is 76.3 cm³/mol. The molecular weight excluding hydrogens is 240 g/mol. The fraction of sp³-hybridized carbons (Fsp3) is 0.267. The van der Waals surface area contributed by atoms with Crippen molar-refractivity contribution in [1.29, 1.82) is 0 Å². The van der Waals surface area contributed by atoms with Crippen LogP contribution in [0.5, 0.6) is 5.75 Å². The minimum atomic E-state index is -0.0285. The molecule has 2 rings (SSSR count). The number of fused-ring (bicyclic) bond motifs is 1. The lowest BCUT2D eigenvalue weighted by Crippen LogP contribution is -2.31. The van der Waals surface area contributed by atoms with Gasteiger partial charge in [0.15, 0.2) is 0 Å². The van der Waals surface area contributed by atoms with Crippen LogP contribution in [0.1, 0.15) is 5.56 Å². The Hall–Kier alpha value is -2.07. The Morgan fingerprint density at radius 1 is 1.21 bits per heavy atom. The van der Waals surface area contributed by atoms with Gasteiger partial charge in [-0.1, -0.05) is 30.3 Å². The van der Waals surface area contributed by atoms with E-state index in [0.29, 0.717) is 13.1 Å². The first-order valence-electron chi connectivity index (χ1n) is 6.22. The number of carbonyl (C=O) groups is 1. The lowest BCUT2D eigenvalue weighted by atomic mass is 10.0. The van der Waals surface area contributed by atoms with Crippen LogP contribution in [0.2, 0.25) is 0 Å². The van der Waals surface area contributed by atoms with E-state index in [-0.39, 0.29) is 5.91 Å². The number of hydrogen-bond donors (Lipinski definition) is 2. The molecule has 4 heteroatoms. The van der Waals surface area contributed by atoms with E-state index >= 15 is 0 Å². The molecule has 2 aromatic rings. The van der Waals surface area contributed by atoms with E-state index in [1.54, 1.807) is 14.2 Å². The predicted octanol–water partition coefficient (Wildman–Crippen LogP) is 1.68. The third-order valence-corrected chi connectivity index (χ3v) is 3.08. The summed E-state index contributed by atoms with van der Waals surface area (Å²) >= 11 is 0. The number of hydrogen-bond acceptors (Lipinski definition) is 3. The highest BCUT2D eigenvalue weighted by Crippen LogP contribution is 2.27. The second-order valence-corrected chi connectivity index (χ2v) is 4.24. The average Bonchev–Trinajstić information content (AvgIpc) is 2.47. The van der Waals surface area contributed by atoms with Gasteiger partial charge in [0, 0.05) is 19.2 Å². The molecule has 0 bridgehead atoms. The molecule has 0 aliphatic rings. The van der Waals surface area contributed by atoms with Crippen LogP contribution < -0.4 is 15.4 Å². The van der Waals surface area contributed by atoms with Gasteiger partial charge in [0.1, 0.15) is 5.75 Å². The van der Waals surface area contributed by atoms with Crippen LogP contribution in [-0.2, 0) is 11.3 Å². The molecule has 0 radical (unpaired) electrons. The van der Waals surface area contributed by atoms with Crippen molar-refractivity contribution < 1.29 is 9.53 Å². The highest BCUT2D eigenvalue weighted by molar-refractivity contribution is 5.87. The molecule has 0 aliphatic carbocycles. The zero-order valence-electron chi connectivity index (χ0n) is 11.2. The first kappa shape index (κ1) is 13.4. The summed E-state index contributed by atoms with van der Waals surface area (Å²) in [6, 6.07) is 12.1. The van der Waals surface area contributed by atoms with Crippen molar-refractivity contribution in [2.45, 2.75) is 6.54 Å². The molecule has 0 unspecified atom stereocenters. The largest absolute Gasteiger partial charge is 0.496 e. The summed E-state index contributed by atoms with van der Waals surface area (Å²) in [6.07, 6.45) is 0. The molecule has 0 fully saturated rings. The Bertz CT molecular complexity index is 581. The molecule has 0 saturated heterocycles. The second-order valence-electron chi connectivity index (χ2n) is 4.24. The fourth-order valence-electron chi connectivity index (χ4n) is 2.08. The van der Waals surface area contributed by atoms with Crippen LogP contribution >= 0.6 is 0 Å². The van der Waals surface area contributed by atoms with Crippen LogP contribution in [0.4, 0.5) is 0 Å². The van der Waals surface area contributed by atoms with Gasteiger partial charge in [-0.25, -0.2) is 0 Å². The summed E-state index contributed by atoms with van der Waals surface area (Å²) in [5.41, 5.74) is 1.07. The molecule has 0 atom stereocenters. The van der Waals surface area contributed by atoms with E-state index in [2.05, 4.69) is 22.8 Å². The highest BCUT2D eigenvalue weighted by atomic mass is 16.5. The number of nitrogens with one attached hydrogen (secondary N) is 2. The highest BCUT2D eigenvalue weighted by Gasteiger charge is 2.08. The summed E-state index contributed by atoms with van der Waals surface area (Å²) in [7, 11) is 3.29. The van der Waals surface area contributed by atoms with Crippen LogP contribution in [0.15, 0.2) is 36.4 Å². The smallest absolute Gasteiger partial charge is 0.233 e. The van der Waals surface area contributed by atoms with Gasteiger partial charge in [0.05, 0.1) is 13.7 Å². The van der Waals surface area contributed by atoms with Crippen molar-refractivity contribution in [3.8, 4) is 5.75 Å². The molecule has 1 amide bonds. The quantitative estimate of drug-likeness (QED) is 0.858. The molecule has 0 saturated carbocycles. The lowest BCUT2D eigenvalue weighted by molar-refractivity contribution is -0.119. The summed E-state index contributed by atoms with van der Waals surface area (Å²) < 4.78 is 5.40. The van der Waals surface area contributed by atoms with Gasteiger partial charge in [-0.15, -0.1) is 0 Å². The van der Waals surface area contributed by atoms with Gasteiger partial charge in [-0.05, 0) is 16.8 Å². The van der Waals surface area contributed by atoms with Crippen molar-refractivity contribution in [3.05, 3.63) is 42.0 Å². The minimum absolute atomic E-state index is 0.0285. The molecule has 0 spiro atoms. The van der Waals surface area contributed by atoms with E-state index in [1.807, 2.05) is 24.3 Å². The average molecular weight is 258 g/mol. The maximum atomic E-state index is 11.2. The Kier molecular flexibility index (Phi) is 4.36.